The second kappa shape index (κ2) is 8.16. The average Bonchev–Trinajstić information content (AvgIpc) is 2.48. The average molecular weight is 259 g/mol. The van der Waals surface area contributed by atoms with Crippen molar-refractivity contribution in [3.63, 3.8) is 0 Å². The molecule has 1 heteroatoms. The first-order valence-corrected chi connectivity index (χ1v) is 7.66. The Morgan fingerprint density at radius 3 is 2.16 bits per heavy atom. The summed E-state index contributed by atoms with van der Waals surface area (Å²) in [5.41, 5.74) is 8.99. The molecule has 0 atom stereocenters. The smallest absolute Gasteiger partial charge is 0.00814 e. The van der Waals surface area contributed by atoms with Gasteiger partial charge in [0.1, 0.15) is 0 Å². The van der Waals surface area contributed by atoms with Gasteiger partial charge in [0.15, 0.2) is 0 Å². The van der Waals surface area contributed by atoms with Crippen LogP contribution in [-0.4, -0.2) is 6.54 Å². The molecule has 0 radical (unpaired) electrons. The van der Waals surface area contributed by atoms with Crippen LogP contribution in [0.2, 0.25) is 0 Å². The van der Waals surface area contributed by atoms with Gasteiger partial charge in [-0.1, -0.05) is 76.5 Å². The number of hydrogen-bond acceptors (Lipinski definition) is 1. The van der Waals surface area contributed by atoms with E-state index in [1.165, 1.54) is 49.7 Å². The predicted octanol–water partition coefficient (Wildman–Crippen LogP) is 4.91. The van der Waals surface area contributed by atoms with E-state index in [-0.39, 0.29) is 5.41 Å². The second-order valence-corrected chi connectivity index (χ2v) is 5.48. The molecular formula is C18H29N. The van der Waals surface area contributed by atoms with E-state index in [1.807, 2.05) is 6.08 Å². The van der Waals surface area contributed by atoms with E-state index in [9.17, 15) is 0 Å². The molecule has 0 saturated carbocycles. The van der Waals surface area contributed by atoms with Gasteiger partial charge in [-0.3, -0.25) is 0 Å². The third-order valence-electron chi connectivity index (χ3n) is 4.16. The molecule has 1 rings (SSSR count). The summed E-state index contributed by atoms with van der Waals surface area (Å²) in [5.74, 6) is 0. The van der Waals surface area contributed by atoms with Crippen molar-refractivity contribution in [3.8, 4) is 0 Å². The quantitative estimate of drug-likeness (QED) is 0.670. The van der Waals surface area contributed by atoms with Crippen LogP contribution >= 0.6 is 0 Å². The summed E-state index contributed by atoms with van der Waals surface area (Å²) in [6.07, 6.45) is 9.28. The largest absolute Gasteiger partial charge is 0.330 e. The Labute approximate surface area is 118 Å². The highest BCUT2D eigenvalue weighted by molar-refractivity contribution is 5.54. The molecule has 1 aromatic carbocycles. The third-order valence-corrected chi connectivity index (χ3v) is 4.16. The van der Waals surface area contributed by atoms with Crippen LogP contribution in [0.25, 0.3) is 6.08 Å². The van der Waals surface area contributed by atoms with Gasteiger partial charge in [0.05, 0.1) is 0 Å². The molecule has 0 spiro atoms. The van der Waals surface area contributed by atoms with Crippen molar-refractivity contribution >= 4 is 6.08 Å². The number of nitrogens with two attached hydrogens (primary N) is 1. The molecule has 0 saturated heterocycles. The molecule has 2 N–H and O–H groups in total. The highest BCUT2D eigenvalue weighted by Gasteiger charge is 2.30. The summed E-state index contributed by atoms with van der Waals surface area (Å²) in [6.45, 7) is 9.19. The topological polar surface area (TPSA) is 26.0 Å². The summed E-state index contributed by atoms with van der Waals surface area (Å²) < 4.78 is 0. The first-order valence-electron chi connectivity index (χ1n) is 7.66. The zero-order chi connectivity index (χ0) is 14.1. The summed E-state index contributed by atoms with van der Waals surface area (Å²) in [4.78, 5) is 0. The van der Waals surface area contributed by atoms with Gasteiger partial charge in [0, 0.05) is 12.0 Å². The van der Waals surface area contributed by atoms with Crippen LogP contribution in [0.1, 0.15) is 63.5 Å². The lowest BCUT2D eigenvalue weighted by Crippen LogP contribution is -2.36. The van der Waals surface area contributed by atoms with Crippen molar-refractivity contribution in [1.29, 1.82) is 0 Å². The van der Waals surface area contributed by atoms with E-state index in [1.54, 1.807) is 0 Å². The molecule has 0 aliphatic carbocycles. The lowest BCUT2D eigenvalue weighted by molar-refractivity contribution is 0.350. The Balaban J connectivity index is 3.14. The molecule has 0 fully saturated rings. The van der Waals surface area contributed by atoms with Crippen molar-refractivity contribution < 1.29 is 0 Å². The first-order chi connectivity index (χ1) is 9.24. The van der Waals surface area contributed by atoms with Gasteiger partial charge >= 0.3 is 0 Å². The molecule has 0 unspecified atom stereocenters. The summed E-state index contributed by atoms with van der Waals surface area (Å²) in [6, 6.07) is 8.62. The molecule has 0 aliphatic heterocycles. The van der Waals surface area contributed by atoms with Gasteiger partial charge in [0.2, 0.25) is 0 Å². The molecule has 0 aromatic heterocycles. The van der Waals surface area contributed by atoms with Gasteiger partial charge in [0.25, 0.3) is 0 Å². The number of benzene rings is 1. The van der Waals surface area contributed by atoms with E-state index < -0.39 is 0 Å². The summed E-state index contributed by atoms with van der Waals surface area (Å²) in [7, 11) is 0. The highest BCUT2D eigenvalue weighted by Crippen LogP contribution is 2.36. The van der Waals surface area contributed by atoms with Crippen molar-refractivity contribution in [3.05, 3.63) is 42.0 Å². The maximum absolute atomic E-state index is 6.21. The van der Waals surface area contributed by atoms with Crippen molar-refractivity contribution in [2.75, 3.05) is 6.54 Å². The summed E-state index contributed by atoms with van der Waals surface area (Å²) >= 11 is 0. The number of unbranched alkanes of at least 4 members (excludes halogenated alkanes) is 2. The number of hydrogen-bond donors (Lipinski definition) is 1. The minimum atomic E-state index is 0.136. The second-order valence-electron chi connectivity index (χ2n) is 5.48. The lowest BCUT2D eigenvalue weighted by atomic mass is 9.71. The van der Waals surface area contributed by atoms with Crippen LogP contribution in [-0.2, 0) is 5.41 Å². The van der Waals surface area contributed by atoms with Crippen molar-refractivity contribution in [2.24, 2.45) is 5.73 Å². The number of rotatable bonds is 9. The van der Waals surface area contributed by atoms with E-state index >= 15 is 0 Å². The molecule has 106 valence electrons. The Kier molecular flexibility index (Phi) is 6.86. The fourth-order valence-corrected chi connectivity index (χ4v) is 2.90. The molecule has 0 bridgehead atoms. The molecule has 19 heavy (non-hydrogen) atoms. The SMILES string of the molecule is C=Cc1ccccc1C(CN)(CCCC)CCCC. The molecule has 0 heterocycles. The highest BCUT2D eigenvalue weighted by atomic mass is 14.6. The molecule has 0 amide bonds. The minimum Gasteiger partial charge on any atom is -0.330 e. The Morgan fingerprint density at radius 2 is 1.68 bits per heavy atom. The summed E-state index contributed by atoms with van der Waals surface area (Å²) in [5, 5.41) is 0. The molecule has 1 nitrogen and oxygen atoms in total. The molecule has 1 aromatic rings. The maximum Gasteiger partial charge on any atom is 0.00814 e. The fraction of sp³-hybridized carbons (Fsp3) is 0.556. The molecule has 0 aliphatic rings. The van der Waals surface area contributed by atoms with Crippen LogP contribution in [0.5, 0.6) is 0 Å². The van der Waals surface area contributed by atoms with E-state index in [2.05, 4.69) is 44.7 Å². The Hall–Kier alpha value is -1.08. The van der Waals surface area contributed by atoms with E-state index in [0.717, 1.165) is 6.54 Å². The monoisotopic (exact) mass is 259 g/mol. The van der Waals surface area contributed by atoms with Gasteiger partial charge in [-0.2, -0.15) is 0 Å². The van der Waals surface area contributed by atoms with Gasteiger partial charge in [-0.05, 0) is 24.0 Å². The van der Waals surface area contributed by atoms with Gasteiger partial charge < -0.3 is 5.73 Å². The zero-order valence-electron chi connectivity index (χ0n) is 12.6. The van der Waals surface area contributed by atoms with Gasteiger partial charge in [-0.25, -0.2) is 0 Å². The van der Waals surface area contributed by atoms with Gasteiger partial charge in [-0.15, -0.1) is 0 Å². The van der Waals surface area contributed by atoms with Crippen molar-refractivity contribution in [1.82, 2.24) is 0 Å². The van der Waals surface area contributed by atoms with Crippen LogP contribution in [0, 0.1) is 0 Å². The van der Waals surface area contributed by atoms with Crippen molar-refractivity contribution in [2.45, 2.75) is 57.8 Å². The predicted molar refractivity (Wildman–Crippen MR) is 86.3 cm³/mol. The minimum absolute atomic E-state index is 0.136. The lowest BCUT2D eigenvalue weighted by Gasteiger charge is -2.35. The van der Waals surface area contributed by atoms with E-state index in [4.69, 9.17) is 5.73 Å². The maximum atomic E-state index is 6.21. The van der Waals surface area contributed by atoms with Crippen LogP contribution in [0.15, 0.2) is 30.8 Å². The first kappa shape index (κ1) is 16.0. The standard InChI is InChI=1S/C18H29N/c1-4-7-13-18(15-19,14-8-5-2)17-12-10-9-11-16(17)6-3/h6,9-12H,3-5,7-8,13-15,19H2,1-2H3. The fourth-order valence-electron chi connectivity index (χ4n) is 2.90. The van der Waals surface area contributed by atoms with Crippen LogP contribution < -0.4 is 5.73 Å². The van der Waals surface area contributed by atoms with Crippen LogP contribution in [0.3, 0.4) is 0 Å². The Bertz CT molecular complexity index is 373. The third kappa shape index (κ3) is 3.94. The van der Waals surface area contributed by atoms with E-state index in [0.29, 0.717) is 0 Å². The molecular weight excluding hydrogens is 230 g/mol. The van der Waals surface area contributed by atoms with Crippen LogP contribution in [0.4, 0.5) is 0 Å². The normalized spacial score (nSPS) is 11.5. The zero-order valence-corrected chi connectivity index (χ0v) is 12.6. The Morgan fingerprint density at radius 1 is 1.11 bits per heavy atom.